The lowest BCUT2D eigenvalue weighted by Crippen LogP contribution is -2.25. The van der Waals surface area contributed by atoms with Crippen LogP contribution >= 0.6 is 0 Å². The van der Waals surface area contributed by atoms with Gasteiger partial charge in [0.05, 0.1) is 0 Å². The summed E-state index contributed by atoms with van der Waals surface area (Å²) in [5.74, 6) is -1.05. The van der Waals surface area contributed by atoms with Gasteiger partial charge in [0.15, 0.2) is 6.61 Å². The maximum absolute atomic E-state index is 12.9. The average Bonchev–Trinajstić information content (AvgIpc) is 2.79. The van der Waals surface area contributed by atoms with E-state index in [0.717, 1.165) is 28.8 Å². The van der Waals surface area contributed by atoms with E-state index in [1.807, 2.05) is 84.9 Å². The van der Waals surface area contributed by atoms with Crippen molar-refractivity contribution in [2.24, 2.45) is 0 Å². The number of carbonyl (C=O) groups is 2. The van der Waals surface area contributed by atoms with Gasteiger partial charge in [-0.1, -0.05) is 92.7 Å². The van der Waals surface area contributed by atoms with E-state index in [4.69, 9.17) is 4.74 Å². The Labute approximate surface area is 177 Å². The van der Waals surface area contributed by atoms with Crippen LogP contribution in [0, 0.1) is 0 Å². The number of rotatable bonds is 8. The van der Waals surface area contributed by atoms with E-state index < -0.39 is 11.9 Å². The highest BCUT2D eigenvalue weighted by molar-refractivity contribution is 5.94. The minimum absolute atomic E-state index is 0.324. The molecule has 0 unspecified atom stereocenters. The largest absolute Gasteiger partial charge is 0.455 e. The highest BCUT2D eigenvalue weighted by atomic mass is 16.5. The zero-order valence-corrected chi connectivity index (χ0v) is 17.4. The number of para-hydroxylation sites is 1. The van der Waals surface area contributed by atoms with Crippen LogP contribution in [-0.4, -0.2) is 18.5 Å². The van der Waals surface area contributed by atoms with Gasteiger partial charge in [-0.15, -0.1) is 0 Å². The van der Waals surface area contributed by atoms with Crippen molar-refractivity contribution < 1.29 is 14.3 Å². The summed E-state index contributed by atoms with van der Waals surface area (Å²) in [6, 6.07) is 26.6. The number of amides is 1. The molecule has 1 amide bonds. The first-order valence-corrected chi connectivity index (χ1v) is 10.3. The van der Waals surface area contributed by atoms with Gasteiger partial charge in [0.25, 0.3) is 5.91 Å². The lowest BCUT2D eigenvalue weighted by Gasteiger charge is -2.18. The Balaban J connectivity index is 1.70. The quantitative estimate of drug-likeness (QED) is 0.506. The molecule has 0 aliphatic heterocycles. The van der Waals surface area contributed by atoms with Crippen LogP contribution in [0.5, 0.6) is 0 Å². The fourth-order valence-electron chi connectivity index (χ4n) is 3.42. The molecule has 0 saturated heterocycles. The standard InChI is InChI=1S/C26H27NO3/c1-3-19(2)22-16-10-11-17-23(22)27-24(28)18-30-26(29)25(20-12-6-4-7-13-20)21-14-8-5-9-15-21/h4-17,19,25H,3,18H2,1-2H3,(H,27,28)/t19-/m0/s1. The molecule has 3 aromatic carbocycles. The van der Waals surface area contributed by atoms with Crippen molar-refractivity contribution in [1.29, 1.82) is 0 Å². The van der Waals surface area contributed by atoms with Crippen LogP contribution in [0.25, 0.3) is 0 Å². The summed E-state index contributed by atoms with van der Waals surface area (Å²) in [6.07, 6.45) is 0.970. The molecule has 0 bridgehead atoms. The molecule has 0 radical (unpaired) electrons. The zero-order chi connectivity index (χ0) is 21.3. The van der Waals surface area contributed by atoms with E-state index >= 15 is 0 Å². The van der Waals surface area contributed by atoms with Crippen LogP contribution in [-0.2, 0) is 14.3 Å². The first-order valence-electron chi connectivity index (χ1n) is 10.3. The minimum Gasteiger partial charge on any atom is -0.455 e. The van der Waals surface area contributed by atoms with E-state index in [0.29, 0.717) is 5.92 Å². The van der Waals surface area contributed by atoms with Crippen molar-refractivity contribution in [3.05, 3.63) is 102 Å². The molecule has 0 saturated carbocycles. The molecule has 154 valence electrons. The molecule has 0 aromatic heterocycles. The van der Waals surface area contributed by atoms with Gasteiger partial charge in [-0.05, 0) is 35.1 Å². The normalized spacial score (nSPS) is 11.7. The summed E-state index contributed by atoms with van der Waals surface area (Å²) in [5.41, 5.74) is 3.49. The van der Waals surface area contributed by atoms with Crippen molar-refractivity contribution >= 4 is 17.6 Å². The lowest BCUT2D eigenvalue weighted by molar-refractivity contribution is -0.147. The van der Waals surface area contributed by atoms with Crippen LogP contribution in [0.1, 0.15) is 48.8 Å². The molecule has 0 heterocycles. The van der Waals surface area contributed by atoms with Gasteiger partial charge in [0, 0.05) is 5.69 Å². The van der Waals surface area contributed by atoms with Crippen molar-refractivity contribution in [2.75, 3.05) is 11.9 Å². The summed E-state index contributed by atoms with van der Waals surface area (Å²) in [7, 11) is 0. The van der Waals surface area contributed by atoms with Crippen LogP contribution < -0.4 is 5.32 Å². The number of benzene rings is 3. The molecule has 30 heavy (non-hydrogen) atoms. The maximum Gasteiger partial charge on any atom is 0.318 e. The summed E-state index contributed by atoms with van der Waals surface area (Å²) in [5, 5.41) is 2.88. The lowest BCUT2D eigenvalue weighted by atomic mass is 9.91. The zero-order valence-electron chi connectivity index (χ0n) is 17.4. The van der Waals surface area contributed by atoms with Gasteiger partial charge < -0.3 is 10.1 Å². The van der Waals surface area contributed by atoms with Crippen molar-refractivity contribution in [2.45, 2.75) is 32.1 Å². The Kier molecular flexibility index (Phi) is 7.39. The van der Waals surface area contributed by atoms with Crippen LogP contribution in [0.4, 0.5) is 5.69 Å². The predicted molar refractivity (Wildman–Crippen MR) is 119 cm³/mol. The monoisotopic (exact) mass is 401 g/mol. The van der Waals surface area contributed by atoms with Gasteiger partial charge in [-0.3, -0.25) is 9.59 Å². The van der Waals surface area contributed by atoms with E-state index in [1.54, 1.807) is 0 Å². The number of carbonyl (C=O) groups excluding carboxylic acids is 2. The smallest absolute Gasteiger partial charge is 0.318 e. The summed E-state index contributed by atoms with van der Waals surface area (Å²) >= 11 is 0. The van der Waals surface area contributed by atoms with Gasteiger partial charge in [0.1, 0.15) is 5.92 Å². The molecular formula is C26H27NO3. The molecule has 0 spiro atoms. The number of hydrogen-bond donors (Lipinski definition) is 1. The molecule has 4 nitrogen and oxygen atoms in total. The van der Waals surface area contributed by atoms with Crippen molar-refractivity contribution in [3.8, 4) is 0 Å². The van der Waals surface area contributed by atoms with Gasteiger partial charge in [-0.25, -0.2) is 0 Å². The third-order valence-corrected chi connectivity index (χ3v) is 5.23. The van der Waals surface area contributed by atoms with Gasteiger partial charge in [0.2, 0.25) is 0 Å². The molecule has 0 aliphatic carbocycles. The molecule has 0 aliphatic rings. The fraction of sp³-hybridized carbons (Fsp3) is 0.231. The molecular weight excluding hydrogens is 374 g/mol. The Morgan fingerprint density at radius 2 is 1.37 bits per heavy atom. The molecule has 3 rings (SSSR count). The first-order chi connectivity index (χ1) is 14.6. The Bertz CT molecular complexity index is 930. The number of hydrogen-bond acceptors (Lipinski definition) is 3. The van der Waals surface area contributed by atoms with E-state index in [2.05, 4.69) is 19.2 Å². The van der Waals surface area contributed by atoms with Crippen LogP contribution in [0.15, 0.2) is 84.9 Å². The second-order valence-electron chi connectivity index (χ2n) is 7.31. The summed E-state index contributed by atoms with van der Waals surface area (Å²) in [6.45, 7) is 3.90. The third-order valence-electron chi connectivity index (χ3n) is 5.23. The van der Waals surface area contributed by atoms with Gasteiger partial charge in [-0.2, -0.15) is 0 Å². The fourth-order valence-corrected chi connectivity index (χ4v) is 3.42. The Hall–Kier alpha value is -3.40. The molecule has 1 atom stereocenters. The number of esters is 1. The summed E-state index contributed by atoms with van der Waals surface area (Å²) in [4.78, 5) is 25.4. The second kappa shape index (κ2) is 10.4. The Morgan fingerprint density at radius 3 is 1.93 bits per heavy atom. The van der Waals surface area contributed by atoms with Crippen molar-refractivity contribution in [1.82, 2.24) is 0 Å². The topological polar surface area (TPSA) is 55.4 Å². The SMILES string of the molecule is CC[C@H](C)c1ccccc1NC(=O)COC(=O)C(c1ccccc1)c1ccccc1. The third kappa shape index (κ3) is 5.35. The predicted octanol–water partition coefficient (Wildman–Crippen LogP) is 5.51. The molecule has 0 fully saturated rings. The number of anilines is 1. The highest BCUT2D eigenvalue weighted by Crippen LogP contribution is 2.27. The first kappa shape index (κ1) is 21.3. The Morgan fingerprint density at radius 1 is 0.833 bits per heavy atom. The highest BCUT2D eigenvalue weighted by Gasteiger charge is 2.25. The minimum atomic E-state index is -0.576. The number of ether oxygens (including phenoxy) is 1. The van der Waals surface area contributed by atoms with E-state index in [1.165, 1.54) is 0 Å². The summed E-state index contributed by atoms with van der Waals surface area (Å²) < 4.78 is 5.42. The average molecular weight is 402 g/mol. The molecule has 4 heteroatoms. The van der Waals surface area contributed by atoms with Gasteiger partial charge >= 0.3 is 5.97 Å². The van der Waals surface area contributed by atoms with Crippen LogP contribution in [0.3, 0.4) is 0 Å². The maximum atomic E-state index is 12.9. The van der Waals surface area contributed by atoms with E-state index in [9.17, 15) is 9.59 Å². The van der Waals surface area contributed by atoms with E-state index in [-0.39, 0.29) is 12.5 Å². The molecule has 1 N–H and O–H groups in total. The number of nitrogens with one attached hydrogen (secondary N) is 1. The van der Waals surface area contributed by atoms with Crippen LogP contribution in [0.2, 0.25) is 0 Å². The van der Waals surface area contributed by atoms with Crippen molar-refractivity contribution in [3.63, 3.8) is 0 Å². The second-order valence-corrected chi connectivity index (χ2v) is 7.31. The molecule has 3 aromatic rings.